The Kier molecular flexibility index (Phi) is 4.25. The summed E-state index contributed by atoms with van der Waals surface area (Å²) in [6, 6.07) is 0. The van der Waals surface area contributed by atoms with Crippen molar-refractivity contribution in [2.24, 2.45) is 0 Å². The number of H-pyrrole nitrogens is 1. The number of halogens is 1. The van der Waals surface area contributed by atoms with E-state index < -0.39 is 11.9 Å². The van der Waals surface area contributed by atoms with E-state index in [-0.39, 0.29) is 5.56 Å². The van der Waals surface area contributed by atoms with Crippen LogP contribution in [0.15, 0.2) is 11.1 Å². The summed E-state index contributed by atoms with van der Waals surface area (Å²) in [5, 5.41) is 9.02. The first kappa shape index (κ1) is 12.2. The molecule has 0 aromatic carbocycles. The fourth-order valence-electron chi connectivity index (χ4n) is 1.31. The standard InChI is InChI=1S/C9H11IN2O3/c1-2-3-5(9(14)15)7-6(10)8(13)12-4-11-7/h4-5H,2-3H2,1H3,(H,14,15)(H,11,12,13). The third kappa shape index (κ3) is 2.77. The Morgan fingerprint density at radius 1 is 1.73 bits per heavy atom. The lowest BCUT2D eigenvalue weighted by Crippen LogP contribution is -2.20. The van der Waals surface area contributed by atoms with Gasteiger partial charge in [-0.1, -0.05) is 13.3 Å². The van der Waals surface area contributed by atoms with Crippen molar-refractivity contribution in [1.82, 2.24) is 9.97 Å². The minimum Gasteiger partial charge on any atom is -0.481 e. The van der Waals surface area contributed by atoms with Gasteiger partial charge in [0.15, 0.2) is 0 Å². The molecule has 0 radical (unpaired) electrons. The molecule has 0 aliphatic rings. The summed E-state index contributed by atoms with van der Waals surface area (Å²) in [7, 11) is 0. The van der Waals surface area contributed by atoms with Crippen LogP contribution in [0.5, 0.6) is 0 Å². The van der Waals surface area contributed by atoms with Gasteiger partial charge in [0, 0.05) is 0 Å². The van der Waals surface area contributed by atoms with Crippen LogP contribution in [0.1, 0.15) is 31.4 Å². The summed E-state index contributed by atoms with van der Waals surface area (Å²) in [5.41, 5.74) is 0.0663. The lowest BCUT2D eigenvalue weighted by molar-refractivity contribution is -0.139. The average Bonchev–Trinajstić information content (AvgIpc) is 2.19. The van der Waals surface area contributed by atoms with Crippen molar-refractivity contribution in [3.8, 4) is 0 Å². The van der Waals surface area contributed by atoms with E-state index in [1.807, 2.05) is 29.5 Å². The van der Waals surface area contributed by atoms with Crippen molar-refractivity contribution >= 4 is 28.6 Å². The average molecular weight is 322 g/mol. The lowest BCUT2D eigenvalue weighted by Gasteiger charge is -2.11. The van der Waals surface area contributed by atoms with Crippen LogP contribution in [0, 0.1) is 3.57 Å². The zero-order valence-corrected chi connectivity index (χ0v) is 10.3. The third-order valence-corrected chi connectivity index (χ3v) is 3.07. The number of carbonyl (C=O) groups is 1. The molecule has 15 heavy (non-hydrogen) atoms. The Morgan fingerprint density at radius 2 is 2.40 bits per heavy atom. The van der Waals surface area contributed by atoms with Crippen molar-refractivity contribution < 1.29 is 9.90 Å². The lowest BCUT2D eigenvalue weighted by atomic mass is 10.00. The molecule has 6 heteroatoms. The van der Waals surface area contributed by atoms with E-state index in [2.05, 4.69) is 9.97 Å². The van der Waals surface area contributed by atoms with Gasteiger partial charge in [-0.3, -0.25) is 9.59 Å². The number of carboxylic acid groups (broad SMARTS) is 1. The second-order valence-corrected chi connectivity index (χ2v) is 4.19. The number of hydrogen-bond donors (Lipinski definition) is 2. The van der Waals surface area contributed by atoms with Crippen molar-refractivity contribution in [2.75, 3.05) is 0 Å². The molecule has 0 amide bonds. The molecule has 0 aliphatic carbocycles. The molecule has 0 spiro atoms. The molecular weight excluding hydrogens is 311 g/mol. The fourth-order valence-corrected chi connectivity index (χ4v) is 1.98. The highest BCUT2D eigenvalue weighted by atomic mass is 127. The van der Waals surface area contributed by atoms with E-state index in [4.69, 9.17) is 5.11 Å². The Morgan fingerprint density at radius 3 is 2.93 bits per heavy atom. The van der Waals surface area contributed by atoms with Crippen LogP contribution in [0.3, 0.4) is 0 Å². The highest BCUT2D eigenvalue weighted by molar-refractivity contribution is 14.1. The molecule has 0 saturated carbocycles. The van der Waals surface area contributed by atoms with Gasteiger partial charge in [0.2, 0.25) is 0 Å². The third-order valence-electron chi connectivity index (χ3n) is 2.03. The number of aromatic nitrogens is 2. The molecule has 1 rings (SSSR count). The largest absolute Gasteiger partial charge is 0.481 e. The van der Waals surface area contributed by atoms with Crippen LogP contribution < -0.4 is 5.56 Å². The molecule has 0 saturated heterocycles. The van der Waals surface area contributed by atoms with Gasteiger partial charge in [0.1, 0.15) is 9.49 Å². The second kappa shape index (κ2) is 5.24. The van der Waals surface area contributed by atoms with Gasteiger partial charge in [-0.2, -0.15) is 0 Å². The predicted molar refractivity (Wildman–Crippen MR) is 62.9 cm³/mol. The van der Waals surface area contributed by atoms with Gasteiger partial charge >= 0.3 is 5.97 Å². The number of nitrogens with one attached hydrogen (secondary N) is 1. The SMILES string of the molecule is CCCC(C(=O)O)c1nc[nH]c(=O)c1I. The Labute approximate surface area is 100 Å². The predicted octanol–water partition coefficient (Wildman–Crippen LogP) is 1.34. The molecule has 0 fully saturated rings. The van der Waals surface area contributed by atoms with E-state index in [1.165, 1.54) is 6.33 Å². The van der Waals surface area contributed by atoms with E-state index in [9.17, 15) is 9.59 Å². The van der Waals surface area contributed by atoms with E-state index in [1.54, 1.807) is 0 Å². The topological polar surface area (TPSA) is 83.0 Å². The fraction of sp³-hybridized carbons (Fsp3) is 0.444. The van der Waals surface area contributed by atoms with Crippen LogP contribution in [-0.2, 0) is 4.79 Å². The van der Waals surface area contributed by atoms with Gasteiger partial charge in [-0.15, -0.1) is 0 Å². The summed E-state index contributed by atoms with van der Waals surface area (Å²) in [5.74, 6) is -1.63. The van der Waals surface area contributed by atoms with Gasteiger partial charge in [0.25, 0.3) is 5.56 Å². The van der Waals surface area contributed by atoms with Crippen LogP contribution >= 0.6 is 22.6 Å². The molecule has 0 bridgehead atoms. The zero-order chi connectivity index (χ0) is 11.4. The number of carboxylic acids is 1. The van der Waals surface area contributed by atoms with Gasteiger partial charge < -0.3 is 10.1 Å². The maximum Gasteiger partial charge on any atom is 0.312 e. The Bertz CT molecular complexity index is 416. The molecule has 1 aromatic rings. The smallest absolute Gasteiger partial charge is 0.312 e. The van der Waals surface area contributed by atoms with E-state index in [0.29, 0.717) is 15.7 Å². The minimum absolute atomic E-state index is 0.289. The highest BCUT2D eigenvalue weighted by Crippen LogP contribution is 2.21. The van der Waals surface area contributed by atoms with Crippen LogP contribution in [0.25, 0.3) is 0 Å². The molecule has 2 N–H and O–H groups in total. The number of nitrogens with zero attached hydrogens (tertiary/aromatic N) is 1. The number of aliphatic carboxylic acids is 1. The van der Waals surface area contributed by atoms with Crippen LogP contribution in [0.4, 0.5) is 0 Å². The van der Waals surface area contributed by atoms with Crippen molar-refractivity contribution in [3.05, 3.63) is 25.9 Å². The van der Waals surface area contributed by atoms with Crippen molar-refractivity contribution in [2.45, 2.75) is 25.7 Å². The second-order valence-electron chi connectivity index (χ2n) is 3.11. The molecule has 0 aliphatic heterocycles. The summed E-state index contributed by atoms with van der Waals surface area (Å²) in [6.07, 6.45) is 2.47. The molecular formula is C9H11IN2O3. The summed E-state index contributed by atoms with van der Waals surface area (Å²) in [4.78, 5) is 28.6. The molecule has 1 heterocycles. The van der Waals surface area contributed by atoms with Crippen LogP contribution in [-0.4, -0.2) is 21.0 Å². The monoisotopic (exact) mass is 322 g/mol. The number of hydrogen-bond acceptors (Lipinski definition) is 3. The quantitative estimate of drug-likeness (QED) is 0.820. The number of rotatable bonds is 4. The van der Waals surface area contributed by atoms with Crippen LogP contribution in [0.2, 0.25) is 0 Å². The first-order valence-corrected chi connectivity index (χ1v) is 5.61. The molecule has 1 atom stereocenters. The van der Waals surface area contributed by atoms with Gasteiger partial charge in [-0.25, -0.2) is 4.98 Å². The Hall–Kier alpha value is -0.920. The van der Waals surface area contributed by atoms with E-state index in [0.717, 1.165) is 6.42 Å². The van der Waals surface area contributed by atoms with Gasteiger partial charge in [0.05, 0.1) is 12.0 Å². The summed E-state index contributed by atoms with van der Waals surface area (Å²) >= 11 is 1.82. The summed E-state index contributed by atoms with van der Waals surface area (Å²) in [6.45, 7) is 1.90. The van der Waals surface area contributed by atoms with E-state index >= 15 is 0 Å². The molecule has 5 nitrogen and oxygen atoms in total. The molecule has 1 unspecified atom stereocenters. The normalized spacial score (nSPS) is 12.4. The van der Waals surface area contributed by atoms with Crippen molar-refractivity contribution in [3.63, 3.8) is 0 Å². The summed E-state index contributed by atoms with van der Waals surface area (Å²) < 4.78 is 0.357. The maximum atomic E-state index is 11.3. The zero-order valence-electron chi connectivity index (χ0n) is 8.16. The highest BCUT2D eigenvalue weighted by Gasteiger charge is 2.23. The number of aromatic amines is 1. The minimum atomic E-state index is -0.937. The molecule has 1 aromatic heterocycles. The van der Waals surface area contributed by atoms with Crippen molar-refractivity contribution in [1.29, 1.82) is 0 Å². The van der Waals surface area contributed by atoms with Gasteiger partial charge in [-0.05, 0) is 29.0 Å². The first-order chi connectivity index (χ1) is 7.07. The Balaban J connectivity index is 3.17. The molecule has 82 valence electrons. The first-order valence-electron chi connectivity index (χ1n) is 4.53. The maximum absolute atomic E-state index is 11.3.